The van der Waals surface area contributed by atoms with E-state index < -0.39 is 0 Å². The van der Waals surface area contributed by atoms with E-state index in [-0.39, 0.29) is 30.7 Å². The normalized spacial score (nSPS) is 14.6. The molecule has 3 aromatic heterocycles. The van der Waals surface area contributed by atoms with Gasteiger partial charge < -0.3 is 16.0 Å². The number of hydrogen-bond acceptors (Lipinski definition) is 10. The smallest absolute Gasteiger partial charge is 0.273 e. The summed E-state index contributed by atoms with van der Waals surface area (Å²) >= 11 is 0. The average molecular weight is 489 g/mol. The van der Waals surface area contributed by atoms with Crippen molar-refractivity contribution in [1.82, 2.24) is 40.3 Å². The van der Waals surface area contributed by atoms with Crippen LogP contribution < -0.4 is 16.0 Å². The molecule has 0 radical (unpaired) electrons. The number of nitrogens with two attached hydrogens (primary N) is 1. The molecule has 1 aliphatic rings. The SMILES string of the molecule is Cc1cccc2cc(CNC(=O)c3nccnc3N)c(N3CCCN(OCn4nccn4)CC3)nc12. The Morgan fingerprint density at radius 3 is 2.75 bits per heavy atom. The lowest BCUT2D eigenvalue weighted by atomic mass is 10.1. The van der Waals surface area contributed by atoms with Gasteiger partial charge in [0.2, 0.25) is 0 Å². The molecule has 3 N–H and O–H groups in total. The summed E-state index contributed by atoms with van der Waals surface area (Å²) in [6.07, 6.45) is 7.05. The molecule has 0 spiro atoms. The monoisotopic (exact) mass is 488 g/mol. The van der Waals surface area contributed by atoms with Crippen LogP contribution in [0.25, 0.3) is 10.9 Å². The summed E-state index contributed by atoms with van der Waals surface area (Å²) in [5, 5.41) is 14.1. The number of nitrogens with one attached hydrogen (secondary N) is 1. The summed E-state index contributed by atoms with van der Waals surface area (Å²) in [6.45, 7) is 5.60. The van der Waals surface area contributed by atoms with Crippen LogP contribution >= 0.6 is 0 Å². The summed E-state index contributed by atoms with van der Waals surface area (Å²) in [4.78, 5) is 35.5. The molecule has 0 aliphatic carbocycles. The summed E-state index contributed by atoms with van der Waals surface area (Å²) in [7, 11) is 0. The van der Waals surface area contributed by atoms with Crippen molar-refractivity contribution < 1.29 is 9.63 Å². The summed E-state index contributed by atoms with van der Waals surface area (Å²) < 4.78 is 0. The molecule has 1 fully saturated rings. The Morgan fingerprint density at radius 2 is 1.92 bits per heavy atom. The molecule has 1 aliphatic heterocycles. The molecular weight excluding hydrogens is 460 g/mol. The minimum atomic E-state index is -0.376. The van der Waals surface area contributed by atoms with Crippen LogP contribution in [0, 0.1) is 6.92 Å². The zero-order valence-electron chi connectivity index (χ0n) is 20.0. The number of rotatable bonds is 7. The number of carbonyl (C=O) groups is 1. The van der Waals surface area contributed by atoms with Gasteiger partial charge in [-0.05, 0) is 25.0 Å². The fourth-order valence-corrected chi connectivity index (χ4v) is 4.25. The van der Waals surface area contributed by atoms with Crippen molar-refractivity contribution in [2.75, 3.05) is 36.8 Å². The van der Waals surface area contributed by atoms with Gasteiger partial charge in [-0.2, -0.15) is 20.1 Å². The molecule has 4 heterocycles. The molecular formula is C24H28N10O2. The Hall–Kier alpha value is -4.16. The number of pyridine rings is 1. The van der Waals surface area contributed by atoms with Gasteiger partial charge in [0.1, 0.15) is 5.82 Å². The van der Waals surface area contributed by atoms with Gasteiger partial charge in [-0.3, -0.25) is 9.63 Å². The largest absolute Gasteiger partial charge is 0.382 e. The van der Waals surface area contributed by atoms with Crippen molar-refractivity contribution in [3.8, 4) is 0 Å². The molecule has 4 aromatic rings. The van der Waals surface area contributed by atoms with Crippen LogP contribution in [0.5, 0.6) is 0 Å². The first kappa shape index (κ1) is 23.6. The number of amides is 1. The van der Waals surface area contributed by atoms with Crippen LogP contribution in [0.15, 0.2) is 49.1 Å². The van der Waals surface area contributed by atoms with Gasteiger partial charge in [0, 0.05) is 56.1 Å². The first-order chi connectivity index (χ1) is 17.6. The van der Waals surface area contributed by atoms with E-state index in [1.165, 1.54) is 17.2 Å². The minimum Gasteiger partial charge on any atom is -0.382 e. The molecule has 0 unspecified atom stereocenters. The zero-order chi connectivity index (χ0) is 24.9. The number of anilines is 2. The van der Waals surface area contributed by atoms with Gasteiger partial charge >= 0.3 is 0 Å². The van der Waals surface area contributed by atoms with Gasteiger partial charge in [-0.1, -0.05) is 18.2 Å². The van der Waals surface area contributed by atoms with Crippen LogP contribution in [0.4, 0.5) is 11.6 Å². The van der Waals surface area contributed by atoms with Gasteiger partial charge in [0.15, 0.2) is 18.2 Å². The number of nitrogen functional groups attached to an aromatic ring is 1. The third kappa shape index (κ3) is 5.24. The van der Waals surface area contributed by atoms with Crippen molar-refractivity contribution in [3.63, 3.8) is 0 Å². The third-order valence-electron chi connectivity index (χ3n) is 6.06. The summed E-state index contributed by atoms with van der Waals surface area (Å²) in [6, 6.07) is 8.19. The lowest BCUT2D eigenvalue weighted by Crippen LogP contribution is -2.33. The molecule has 1 aromatic carbocycles. The van der Waals surface area contributed by atoms with E-state index in [1.807, 2.05) is 17.2 Å². The number of nitrogens with zero attached hydrogens (tertiary/aromatic N) is 8. The highest BCUT2D eigenvalue weighted by Gasteiger charge is 2.21. The number of hydrogen-bond donors (Lipinski definition) is 2. The molecule has 0 saturated carbocycles. The van der Waals surface area contributed by atoms with Crippen molar-refractivity contribution in [2.45, 2.75) is 26.6 Å². The van der Waals surface area contributed by atoms with Crippen LogP contribution in [-0.2, 0) is 18.1 Å². The van der Waals surface area contributed by atoms with Gasteiger partial charge in [-0.25, -0.2) is 15.0 Å². The number of aromatic nitrogens is 6. The fraction of sp³-hybridized carbons (Fsp3) is 0.333. The van der Waals surface area contributed by atoms with E-state index in [1.54, 1.807) is 12.4 Å². The number of aryl methyl sites for hydroxylation is 1. The zero-order valence-corrected chi connectivity index (χ0v) is 20.0. The standard InChI is InChI=1S/C24H28N10O2/c1-17-4-2-5-18-14-19(15-28-24(35)21-22(25)27-7-6-26-21)23(31-20(17)18)32-10-3-11-33(13-12-32)36-16-34-29-8-9-30-34/h2,4-9,14H,3,10-13,15-16H2,1H3,(H2,25,27)(H,28,35). The number of carbonyl (C=O) groups excluding carboxylic acids is 1. The highest BCUT2D eigenvalue weighted by Crippen LogP contribution is 2.27. The Labute approximate surface area is 208 Å². The maximum Gasteiger partial charge on any atom is 0.273 e. The van der Waals surface area contributed by atoms with Crippen LogP contribution in [0.1, 0.15) is 28.0 Å². The lowest BCUT2D eigenvalue weighted by molar-refractivity contribution is -0.189. The Kier molecular flexibility index (Phi) is 6.96. The molecule has 186 valence electrons. The number of para-hydroxylation sites is 1. The van der Waals surface area contributed by atoms with Crippen molar-refractivity contribution in [2.24, 2.45) is 0 Å². The third-order valence-corrected chi connectivity index (χ3v) is 6.06. The molecule has 12 heteroatoms. The van der Waals surface area contributed by atoms with Gasteiger partial charge in [0.25, 0.3) is 5.91 Å². The van der Waals surface area contributed by atoms with Crippen LogP contribution in [0.3, 0.4) is 0 Å². The average Bonchev–Trinajstić information content (AvgIpc) is 3.30. The van der Waals surface area contributed by atoms with Crippen LogP contribution in [0.2, 0.25) is 0 Å². The van der Waals surface area contributed by atoms with Crippen molar-refractivity contribution in [1.29, 1.82) is 0 Å². The molecule has 36 heavy (non-hydrogen) atoms. The molecule has 1 saturated heterocycles. The van der Waals surface area contributed by atoms with E-state index in [4.69, 9.17) is 15.6 Å². The molecule has 0 atom stereocenters. The topological polar surface area (TPSA) is 140 Å². The fourth-order valence-electron chi connectivity index (χ4n) is 4.25. The molecule has 1 amide bonds. The minimum absolute atomic E-state index is 0.0976. The maximum atomic E-state index is 12.7. The van der Waals surface area contributed by atoms with Gasteiger partial charge in [-0.15, -0.1) is 0 Å². The van der Waals surface area contributed by atoms with Gasteiger partial charge in [0.05, 0.1) is 17.9 Å². The molecule has 5 rings (SSSR count). The van der Waals surface area contributed by atoms with Crippen molar-refractivity contribution >= 4 is 28.4 Å². The predicted molar refractivity (Wildman–Crippen MR) is 134 cm³/mol. The van der Waals surface area contributed by atoms with Crippen LogP contribution in [-0.4, -0.2) is 67.1 Å². The van der Waals surface area contributed by atoms with E-state index in [0.717, 1.165) is 53.9 Å². The number of fused-ring (bicyclic) bond motifs is 1. The second-order valence-electron chi connectivity index (χ2n) is 8.52. The van der Waals surface area contributed by atoms with E-state index in [2.05, 4.69) is 49.4 Å². The van der Waals surface area contributed by atoms with E-state index >= 15 is 0 Å². The van der Waals surface area contributed by atoms with E-state index in [0.29, 0.717) is 6.54 Å². The van der Waals surface area contributed by atoms with E-state index in [9.17, 15) is 4.79 Å². The predicted octanol–water partition coefficient (Wildman–Crippen LogP) is 1.54. The number of benzene rings is 1. The Bertz CT molecular complexity index is 1340. The highest BCUT2D eigenvalue weighted by atomic mass is 16.7. The maximum absolute atomic E-state index is 12.7. The lowest BCUT2D eigenvalue weighted by Gasteiger charge is -2.25. The number of hydroxylamine groups is 2. The summed E-state index contributed by atoms with van der Waals surface area (Å²) in [5.41, 5.74) is 8.91. The second-order valence-corrected chi connectivity index (χ2v) is 8.52. The molecule has 0 bridgehead atoms. The molecule has 12 nitrogen and oxygen atoms in total. The first-order valence-electron chi connectivity index (χ1n) is 11.8. The quantitative estimate of drug-likeness (QED) is 0.393. The second kappa shape index (κ2) is 10.6. The summed E-state index contributed by atoms with van der Waals surface area (Å²) in [5.74, 6) is 0.568. The highest BCUT2D eigenvalue weighted by molar-refractivity contribution is 5.96. The Balaban J connectivity index is 1.36. The Morgan fingerprint density at radius 1 is 1.08 bits per heavy atom. The first-order valence-corrected chi connectivity index (χ1v) is 11.8. The van der Waals surface area contributed by atoms with Crippen molar-refractivity contribution in [3.05, 3.63) is 65.9 Å².